The van der Waals surface area contributed by atoms with Gasteiger partial charge >= 0.3 is 0 Å². The third kappa shape index (κ3) is 4.00. The number of benzene rings is 8. The van der Waals surface area contributed by atoms with Crippen molar-refractivity contribution in [1.29, 1.82) is 0 Å². The molecule has 0 spiro atoms. The van der Waals surface area contributed by atoms with Crippen LogP contribution in [-0.4, -0.2) is 9.13 Å². The highest BCUT2D eigenvalue weighted by Crippen LogP contribution is 2.45. The van der Waals surface area contributed by atoms with Gasteiger partial charge in [-0.25, -0.2) is 0 Å². The maximum absolute atomic E-state index is 6.64. The van der Waals surface area contributed by atoms with E-state index in [1.807, 2.05) is 6.07 Å². The minimum absolute atomic E-state index is 0.908. The highest BCUT2D eigenvalue weighted by Gasteiger charge is 2.24. The van der Waals surface area contributed by atoms with Crippen LogP contribution in [-0.2, 0) is 0 Å². The number of para-hydroxylation sites is 6. The van der Waals surface area contributed by atoms with Gasteiger partial charge < -0.3 is 13.6 Å². The number of furan rings is 1. The predicted molar refractivity (Wildman–Crippen MR) is 213 cm³/mol. The first-order valence-corrected chi connectivity index (χ1v) is 17.5. The summed E-state index contributed by atoms with van der Waals surface area (Å²) in [7, 11) is 0. The lowest BCUT2D eigenvalue weighted by molar-refractivity contribution is 0.673. The van der Waals surface area contributed by atoms with Crippen molar-refractivity contribution in [3.05, 3.63) is 182 Å². The topological polar surface area (TPSA) is 23.0 Å². The third-order valence-corrected chi connectivity index (χ3v) is 10.5. The van der Waals surface area contributed by atoms with Gasteiger partial charge in [-0.05, 0) is 48.0 Å². The molecule has 0 aliphatic heterocycles. The Hall–Kier alpha value is -6.84. The standard InChI is InChI=1S/C48H30N2O/c1-2-15-31(16-3-1)32-22-14-23-37(47(32)50-41-25-10-4-17-33(41)34-18-5-11-26-42(34)50)35-19-6-9-24-40(35)49-43-27-12-7-21-39(43)46-44(49)30-29-38-36-20-8-13-28-45(36)51-48(38)46/h1-30H. The van der Waals surface area contributed by atoms with Crippen LogP contribution in [0, 0.1) is 0 Å². The minimum atomic E-state index is 0.908. The lowest BCUT2D eigenvalue weighted by Crippen LogP contribution is -2.03. The van der Waals surface area contributed by atoms with Gasteiger partial charge in [0.05, 0.1) is 38.8 Å². The highest BCUT2D eigenvalue weighted by atomic mass is 16.3. The zero-order valence-electron chi connectivity index (χ0n) is 27.6. The van der Waals surface area contributed by atoms with Gasteiger partial charge in [-0.15, -0.1) is 0 Å². The summed E-state index contributed by atoms with van der Waals surface area (Å²) in [6.07, 6.45) is 0. The summed E-state index contributed by atoms with van der Waals surface area (Å²) in [4.78, 5) is 0. The Balaban J connectivity index is 1.27. The largest absolute Gasteiger partial charge is 0.455 e. The highest BCUT2D eigenvalue weighted by molar-refractivity contribution is 6.24. The first-order chi connectivity index (χ1) is 25.3. The molecular formula is C48H30N2O. The fourth-order valence-corrected chi connectivity index (χ4v) is 8.41. The Morgan fingerprint density at radius 2 is 0.902 bits per heavy atom. The van der Waals surface area contributed by atoms with Crippen LogP contribution < -0.4 is 0 Å². The Bertz CT molecular complexity index is 3090. The molecule has 0 fully saturated rings. The summed E-state index contributed by atoms with van der Waals surface area (Å²) in [6, 6.07) is 65.5. The molecule has 8 aromatic carbocycles. The maximum Gasteiger partial charge on any atom is 0.145 e. The summed E-state index contributed by atoms with van der Waals surface area (Å²) in [5.74, 6) is 0. The lowest BCUT2D eigenvalue weighted by atomic mass is 9.94. The number of fused-ring (bicyclic) bond motifs is 10. The first-order valence-electron chi connectivity index (χ1n) is 17.5. The van der Waals surface area contributed by atoms with Crippen molar-refractivity contribution in [2.45, 2.75) is 0 Å². The van der Waals surface area contributed by atoms with E-state index in [2.05, 4.69) is 185 Å². The van der Waals surface area contributed by atoms with Gasteiger partial charge in [-0.1, -0.05) is 140 Å². The van der Waals surface area contributed by atoms with E-state index in [4.69, 9.17) is 4.42 Å². The fraction of sp³-hybridized carbons (Fsp3) is 0. The van der Waals surface area contributed by atoms with Crippen molar-refractivity contribution in [3.8, 4) is 33.6 Å². The number of rotatable bonds is 4. The molecule has 3 heterocycles. The SMILES string of the molecule is c1ccc(-c2cccc(-c3ccccc3-n3c4ccccc4c4c5oc6ccccc6c5ccc43)c2-n2c3ccccc3c3ccccc32)cc1. The molecule has 0 aliphatic carbocycles. The molecule has 0 amide bonds. The maximum atomic E-state index is 6.64. The van der Waals surface area contributed by atoms with Gasteiger partial charge in [0.25, 0.3) is 0 Å². The van der Waals surface area contributed by atoms with Gasteiger partial charge in [0.2, 0.25) is 0 Å². The zero-order valence-corrected chi connectivity index (χ0v) is 27.6. The van der Waals surface area contributed by atoms with E-state index in [0.29, 0.717) is 0 Å². The van der Waals surface area contributed by atoms with Crippen LogP contribution in [0.1, 0.15) is 0 Å². The molecule has 0 atom stereocenters. The van der Waals surface area contributed by atoms with Crippen LogP contribution in [0.5, 0.6) is 0 Å². The van der Waals surface area contributed by atoms with Gasteiger partial charge in [0.1, 0.15) is 11.2 Å². The molecule has 3 nitrogen and oxygen atoms in total. The van der Waals surface area contributed by atoms with E-state index in [1.165, 1.54) is 38.3 Å². The number of hydrogen-bond donors (Lipinski definition) is 0. The average Bonchev–Trinajstić information content (AvgIpc) is 3.86. The van der Waals surface area contributed by atoms with Crippen LogP contribution in [0.4, 0.5) is 0 Å². The molecule has 51 heavy (non-hydrogen) atoms. The molecular weight excluding hydrogens is 621 g/mol. The Morgan fingerprint density at radius 1 is 0.333 bits per heavy atom. The summed E-state index contributed by atoms with van der Waals surface area (Å²) in [6.45, 7) is 0. The molecule has 0 radical (unpaired) electrons. The van der Waals surface area contributed by atoms with Crippen LogP contribution in [0.15, 0.2) is 186 Å². The Labute approximate surface area is 293 Å². The van der Waals surface area contributed by atoms with E-state index in [1.54, 1.807) is 0 Å². The van der Waals surface area contributed by atoms with Crippen molar-refractivity contribution < 1.29 is 4.42 Å². The summed E-state index contributed by atoms with van der Waals surface area (Å²) in [5, 5.41) is 7.07. The number of hydrogen-bond acceptors (Lipinski definition) is 1. The predicted octanol–water partition coefficient (Wildman–Crippen LogP) is 13.1. The van der Waals surface area contributed by atoms with Crippen molar-refractivity contribution in [2.24, 2.45) is 0 Å². The Morgan fingerprint density at radius 3 is 1.67 bits per heavy atom. The van der Waals surface area contributed by atoms with Gasteiger partial charge in [-0.3, -0.25) is 0 Å². The van der Waals surface area contributed by atoms with Crippen molar-refractivity contribution >= 4 is 65.6 Å². The molecule has 11 aromatic rings. The molecule has 3 aromatic heterocycles. The van der Waals surface area contributed by atoms with E-state index in [-0.39, 0.29) is 0 Å². The van der Waals surface area contributed by atoms with E-state index >= 15 is 0 Å². The summed E-state index contributed by atoms with van der Waals surface area (Å²) in [5.41, 5.74) is 13.4. The fourth-order valence-electron chi connectivity index (χ4n) is 8.41. The molecule has 11 rings (SSSR count). The second-order valence-electron chi connectivity index (χ2n) is 13.2. The second kappa shape index (κ2) is 10.8. The molecule has 3 heteroatoms. The normalized spacial score (nSPS) is 11.9. The van der Waals surface area contributed by atoms with Crippen molar-refractivity contribution in [2.75, 3.05) is 0 Å². The quantitative estimate of drug-likeness (QED) is 0.186. The number of aromatic nitrogens is 2. The van der Waals surface area contributed by atoms with Crippen LogP contribution >= 0.6 is 0 Å². The summed E-state index contributed by atoms with van der Waals surface area (Å²) >= 11 is 0. The van der Waals surface area contributed by atoms with Crippen LogP contribution in [0.25, 0.3) is 99.2 Å². The van der Waals surface area contributed by atoms with Crippen LogP contribution in [0.3, 0.4) is 0 Å². The van der Waals surface area contributed by atoms with Crippen molar-refractivity contribution in [3.63, 3.8) is 0 Å². The van der Waals surface area contributed by atoms with Gasteiger partial charge in [0, 0.05) is 43.6 Å². The second-order valence-corrected chi connectivity index (χ2v) is 13.2. The van der Waals surface area contributed by atoms with E-state index in [0.717, 1.165) is 60.9 Å². The molecule has 0 aliphatic rings. The molecule has 238 valence electrons. The van der Waals surface area contributed by atoms with Crippen LogP contribution in [0.2, 0.25) is 0 Å². The minimum Gasteiger partial charge on any atom is -0.455 e. The average molecular weight is 651 g/mol. The Kier molecular flexibility index (Phi) is 5.96. The summed E-state index contributed by atoms with van der Waals surface area (Å²) < 4.78 is 11.5. The monoisotopic (exact) mass is 650 g/mol. The molecule has 0 unspecified atom stereocenters. The van der Waals surface area contributed by atoms with Gasteiger partial charge in [0.15, 0.2) is 0 Å². The third-order valence-electron chi connectivity index (χ3n) is 10.5. The lowest BCUT2D eigenvalue weighted by Gasteiger charge is -2.21. The van der Waals surface area contributed by atoms with Gasteiger partial charge in [-0.2, -0.15) is 0 Å². The first kappa shape index (κ1) is 28.0. The zero-order chi connectivity index (χ0) is 33.5. The molecule has 0 saturated heterocycles. The van der Waals surface area contributed by atoms with E-state index < -0.39 is 0 Å². The molecule has 0 saturated carbocycles. The smallest absolute Gasteiger partial charge is 0.145 e. The molecule has 0 N–H and O–H groups in total. The number of nitrogens with zero attached hydrogens (tertiary/aromatic N) is 2. The van der Waals surface area contributed by atoms with Crippen molar-refractivity contribution in [1.82, 2.24) is 9.13 Å². The van der Waals surface area contributed by atoms with E-state index in [9.17, 15) is 0 Å². The molecule has 0 bridgehead atoms.